The number of aryl methyl sites for hydroxylation is 1. The molecule has 3 aliphatic carbocycles. The first-order valence-corrected chi connectivity index (χ1v) is 9.67. The van der Waals surface area contributed by atoms with Crippen LogP contribution >= 0.6 is 0 Å². The van der Waals surface area contributed by atoms with Gasteiger partial charge in [-0.2, -0.15) is 0 Å². The number of hydrogen-bond acceptors (Lipinski definition) is 0. The highest BCUT2D eigenvalue weighted by atomic mass is 14.3. The molecule has 1 unspecified atom stereocenters. The topological polar surface area (TPSA) is 0 Å². The minimum atomic E-state index is 0.514. The van der Waals surface area contributed by atoms with E-state index in [1.165, 1.54) is 43.8 Å². The lowest BCUT2D eigenvalue weighted by molar-refractivity contribution is 0.796. The first-order chi connectivity index (χ1) is 12.7. The monoisotopic (exact) mass is 336 g/mol. The standard InChI is InChI=1S/C26H24/c1-17-7-11-23-19(15-17)9-13-26-24-12-8-20(16-21(24)10-14-25(23)26)22-6-4-3-5-18(22)2/h3-6,8-9,11-15,20H,7,10,16H2,1-2H3. The van der Waals surface area contributed by atoms with E-state index in [1.54, 1.807) is 5.57 Å². The van der Waals surface area contributed by atoms with E-state index < -0.39 is 0 Å². The van der Waals surface area contributed by atoms with Crippen LogP contribution in [0.3, 0.4) is 0 Å². The van der Waals surface area contributed by atoms with Crippen LogP contribution in [0.2, 0.25) is 0 Å². The van der Waals surface area contributed by atoms with Crippen LogP contribution < -0.4 is 10.4 Å². The molecule has 0 saturated carbocycles. The van der Waals surface area contributed by atoms with E-state index in [2.05, 4.69) is 80.6 Å². The zero-order valence-electron chi connectivity index (χ0n) is 15.5. The van der Waals surface area contributed by atoms with Crippen molar-refractivity contribution in [3.63, 3.8) is 0 Å². The van der Waals surface area contributed by atoms with E-state index in [0.717, 1.165) is 19.3 Å². The minimum absolute atomic E-state index is 0.514. The fraction of sp³-hybridized carbons (Fsp3) is 0.231. The zero-order chi connectivity index (χ0) is 17.7. The normalized spacial score (nSPS) is 20.4. The summed E-state index contributed by atoms with van der Waals surface area (Å²) in [6.07, 6.45) is 15.3. The molecule has 0 heteroatoms. The van der Waals surface area contributed by atoms with Crippen LogP contribution in [0.5, 0.6) is 0 Å². The van der Waals surface area contributed by atoms with E-state index in [0.29, 0.717) is 5.92 Å². The lowest BCUT2D eigenvalue weighted by Gasteiger charge is -2.27. The number of allylic oxidation sites excluding steroid dienone is 5. The van der Waals surface area contributed by atoms with Gasteiger partial charge in [0.1, 0.15) is 0 Å². The van der Waals surface area contributed by atoms with Crippen molar-refractivity contribution in [3.05, 3.63) is 92.4 Å². The molecule has 0 radical (unpaired) electrons. The lowest BCUT2D eigenvalue weighted by Crippen LogP contribution is -2.33. The van der Waals surface area contributed by atoms with Crippen molar-refractivity contribution in [1.82, 2.24) is 0 Å². The molecule has 0 aromatic heterocycles. The third kappa shape index (κ3) is 2.44. The number of benzene rings is 2. The quantitative estimate of drug-likeness (QED) is 0.666. The molecule has 128 valence electrons. The third-order valence-corrected chi connectivity index (χ3v) is 6.12. The first-order valence-electron chi connectivity index (χ1n) is 9.67. The van der Waals surface area contributed by atoms with Gasteiger partial charge in [-0.1, -0.05) is 77.9 Å². The van der Waals surface area contributed by atoms with E-state index in [1.807, 2.05) is 0 Å². The van der Waals surface area contributed by atoms with Crippen LogP contribution in [0.1, 0.15) is 54.4 Å². The maximum Gasteiger partial charge on any atom is 0.00615 e. The fourth-order valence-electron chi connectivity index (χ4n) is 4.74. The molecule has 0 heterocycles. The van der Waals surface area contributed by atoms with Gasteiger partial charge in [-0.05, 0) is 71.4 Å². The number of hydrogen-bond donors (Lipinski definition) is 0. The Kier molecular flexibility index (Phi) is 3.60. The van der Waals surface area contributed by atoms with Gasteiger partial charge in [0.25, 0.3) is 0 Å². The summed E-state index contributed by atoms with van der Waals surface area (Å²) in [5, 5.41) is 2.89. The molecule has 0 N–H and O–H groups in total. The van der Waals surface area contributed by atoms with Crippen molar-refractivity contribution in [1.29, 1.82) is 0 Å². The average Bonchev–Trinajstić information content (AvgIpc) is 2.67. The molecule has 3 aliphatic rings. The Morgan fingerprint density at radius 2 is 1.73 bits per heavy atom. The Morgan fingerprint density at radius 3 is 2.62 bits per heavy atom. The Morgan fingerprint density at radius 1 is 0.885 bits per heavy atom. The molecule has 0 nitrogen and oxygen atoms in total. The van der Waals surface area contributed by atoms with Gasteiger partial charge >= 0.3 is 0 Å². The van der Waals surface area contributed by atoms with Gasteiger partial charge < -0.3 is 0 Å². The second kappa shape index (κ2) is 5.99. The third-order valence-electron chi connectivity index (χ3n) is 6.12. The molecule has 0 bridgehead atoms. The molecule has 0 amide bonds. The average molecular weight is 336 g/mol. The summed E-state index contributed by atoms with van der Waals surface area (Å²) in [5.41, 5.74) is 10.2. The predicted octanol–water partition coefficient (Wildman–Crippen LogP) is 5.26. The van der Waals surface area contributed by atoms with E-state index in [-0.39, 0.29) is 0 Å². The SMILES string of the molecule is CC1=Cc2ccc3c(c2=CC1)=CCC1=C3C=CC(c2ccccc2C)C1. The maximum atomic E-state index is 2.46. The number of fused-ring (bicyclic) bond motifs is 4. The summed E-state index contributed by atoms with van der Waals surface area (Å²) < 4.78 is 0. The largest absolute Gasteiger partial charge is 0.0761 e. The fourth-order valence-corrected chi connectivity index (χ4v) is 4.74. The van der Waals surface area contributed by atoms with Gasteiger partial charge in [0.05, 0.1) is 0 Å². The molecular formula is C26H24. The van der Waals surface area contributed by atoms with Crippen molar-refractivity contribution in [2.45, 2.75) is 39.0 Å². The molecule has 0 aliphatic heterocycles. The van der Waals surface area contributed by atoms with Crippen molar-refractivity contribution in [2.24, 2.45) is 0 Å². The van der Waals surface area contributed by atoms with Crippen LogP contribution in [0.25, 0.3) is 23.8 Å². The van der Waals surface area contributed by atoms with Crippen LogP contribution in [-0.2, 0) is 0 Å². The molecule has 2 aromatic carbocycles. The van der Waals surface area contributed by atoms with Gasteiger partial charge in [0, 0.05) is 5.92 Å². The Labute approximate surface area is 155 Å². The molecular weight excluding hydrogens is 312 g/mol. The smallest absolute Gasteiger partial charge is 0.00615 e. The van der Waals surface area contributed by atoms with Crippen LogP contribution in [0, 0.1) is 6.92 Å². The van der Waals surface area contributed by atoms with Gasteiger partial charge in [0.2, 0.25) is 0 Å². The van der Waals surface area contributed by atoms with E-state index >= 15 is 0 Å². The van der Waals surface area contributed by atoms with Crippen molar-refractivity contribution in [3.8, 4) is 0 Å². The summed E-state index contributed by atoms with van der Waals surface area (Å²) >= 11 is 0. The van der Waals surface area contributed by atoms with E-state index in [9.17, 15) is 0 Å². The van der Waals surface area contributed by atoms with Crippen LogP contribution in [0.15, 0.2) is 59.7 Å². The molecule has 2 aromatic rings. The predicted molar refractivity (Wildman–Crippen MR) is 112 cm³/mol. The van der Waals surface area contributed by atoms with Crippen LogP contribution in [0.4, 0.5) is 0 Å². The maximum absolute atomic E-state index is 2.46. The highest BCUT2D eigenvalue weighted by Crippen LogP contribution is 2.38. The molecule has 0 saturated heterocycles. The minimum Gasteiger partial charge on any atom is -0.0761 e. The van der Waals surface area contributed by atoms with Crippen molar-refractivity contribution >= 4 is 23.8 Å². The van der Waals surface area contributed by atoms with Gasteiger partial charge in [0.15, 0.2) is 0 Å². The second-order valence-corrected chi connectivity index (χ2v) is 7.88. The Balaban J connectivity index is 1.57. The first kappa shape index (κ1) is 15.6. The molecule has 5 rings (SSSR count). The summed E-state index contributed by atoms with van der Waals surface area (Å²) in [4.78, 5) is 0. The van der Waals surface area contributed by atoms with Gasteiger partial charge in [-0.15, -0.1) is 0 Å². The zero-order valence-corrected chi connectivity index (χ0v) is 15.5. The molecule has 0 fully saturated rings. The molecule has 0 spiro atoms. The van der Waals surface area contributed by atoms with Crippen molar-refractivity contribution in [2.75, 3.05) is 0 Å². The molecule has 1 atom stereocenters. The summed E-state index contributed by atoms with van der Waals surface area (Å²) in [6, 6.07) is 13.5. The highest BCUT2D eigenvalue weighted by molar-refractivity contribution is 5.83. The van der Waals surface area contributed by atoms with Gasteiger partial charge in [-0.25, -0.2) is 0 Å². The Hall–Kier alpha value is -2.60. The van der Waals surface area contributed by atoms with Crippen molar-refractivity contribution < 1.29 is 0 Å². The van der Waals surface area contributed by atoms with E-state index in [4.69, 9.17) is 0 Å². The van der Waals surface area contributed by atoms with Crippen LogP contribution in [-0.4, -0.2) is 0 Å². The second-order valence-electron chi connectivity index (χ2n) is 7.88. The summed E-state index contributed by atoms with van der Waals surface area (Å²) in [6.45, 7) is 4.45. The summed E-state index contributed by atoms with van der Waals surface area (Å²) in [5.74, 6) is 0.514. The molecule has 26 heavy (non-hydrogen) atoms. The summed E-state index contributed by atoms with van der Waals surface area (Å²) in [7, 11) is 0. The highest BCUT2D eigenvalue weighted by Gasteiger charge is 2.22. The Bertz CT molecular complexity index is 1120. The lowest BCUT2D eigenvalue weighted by atomic mass is 9.78. The van der Waals surface area contributed by atoms with Gasteiger partial charge in [-0.3, -0.25) is 0 Å². The number of rotatable bonds is 1.